The first-order valence-corrected chi connectivity index (χ1v) is 8.98. The Bertz CT molecular complexity index is 1340. The molecule has 2 aromatic heterocycles. The molecule has 1 N–H and O–H groups in total. The number of fused-ring (bicyclic) bond motifs is 1. The zero-order chi connectivity index (χ0) is 21.3. The summed E-state index contributed by atoms with van der Waals surface area (Å²) in [4.78, 5) is 42.2. The van der Waals surface area contributed by atoms with Crippen molar-refractivity contribution in [3.05, 3.63) is 92.5 Å². The highest BCUT2D eigenvalue weighted by Crippen LogP contribution is 2.21. The Balaban J connectivity index is 1.53. The highest BCUT2D eigenvalue weighted by molar-refractivity contribution is 5.88. The maximum Gasteiger partial charge on any atom is 0.356 e. The molecule has 0 saturated carbocycles. The number of para-hydroxylation sites is 1. The summed E-state index contributed by atoms with van der Waals surface area (Å²) in [6.45, 7) is -0.193. The maximum atomic E-state index is 12.5. The first kappa shape index (κ1) is 19.1. The summed E-state index contributed by atoms with van der Waals surface area (Å²) >= 11 is 0. The molecule has 30 heavy (non-hydrogen) atoms. The van der Waals surface area contributed by atoms with Crippen LogP contribution >= 0.6 is 0 Å². The van der Waals surface area contributed by atoms with Gasteiger partial charge >= 0.3 is 5.97 Å². The molecule has 0 saturated heterocycles. The zero-order valence-electron chi connectivity index (χ0n) is 15.9. The fraction of sp³-hybridized carbons (Fsp3) is 0.0952. The van der Waals surface area contributed by atoms with Gasteiger partial charge in [0.05, 0.1) is 22.2 Å². The number of pyridine rings is 1. The minimum Gasteiger partial charge on any atom is -0.456 e. The molecule has 150 valence electrons. The predicted molar refractivity (Wildman–Crippen MR) is 109 cm³/mol. The number of benzene rings is 2. The van der Waals surface area contributed by atoms with E-state index >= 15 is 0 Å². The van der Waals surface area contributed by atoms with Gasteiger partial charge in [-0.1, -0.05) is 30.3 Å². The molecule has 0 unspecified atom stereocenters. The smallest absolute Gasteiger partial charge is 0.356 e. The average molecular weight is 404 g/mol. The van der Waals surface area contributed by atoms with Gasteiger partial charge in [-0.3, -0.25) is 14.9 Å². The molecule has 0 bridgehead atoms. The van der Waals surface area contributed by atoms with E-state index in [4.69, 9.17) is 4.74 Å². The van der Waals surface area contributed by atoms with Crippen molar-refractivity contribution >= 4 is 22.6 Å². The number of non-ortho nitro benzene ring substituents is 1. The molecule has 0 aliphatic rings. The van der Waals surface area contributed by atoms with Crippen molar-refractivity contribution in [2.75, 3.05) is 0 Å². The van der Waals surface area contributed by atoms with Gasteiger partial charge in [0, 0.05) is 24.7 Å². The van der Waals surface area contributed by atoms with Crippen LogP contribution in [0, 0.1) is 10.1 Å². The number of carbonyl (C=O) groups is 1. The Morgan fingerprint density at radius 1 is 1.20 bits per heavy atom. The highest BCUT2D eigenvalue weighted by atomic mass is 16.6. The van der Waals surface area contributed by atoms with E-state index in [1.165, 1.54) is 29.0 Å². The summed E-state index contributed by atoms with van der Waals surface area (Å²) in [5.41, 5.74) is 1.35. The van der Waals surface area contributed by atoms with Gasteiger partial charge in [-0.25, -0.2) is 9.78 Å². The van der Waals surface area contributed by atoms with Gasteiger partial charge in [0.25, 0.3) is 11.2 Å². The van der Waals surface area contributed by atoms with E-state index in [0.717, 1.165) is 10.9 Å². The van der Waals surface area contributed by atoms with Crippen LogP contribution in [0.1, 0.15) is 16.1 Å². The van der Waals surface area contributed by atoms with Gasteiger partial charge < -0.3 is 14.3 Å². The van der Waals surface area contributed by atoms with Gasteiger partial charge in [-0.05, 0) is 17.5 Å². The van der Waals surface area contributed by atoms with Crippen molar-refractivity contribution in [1.82, 2.24) is 14.5 Å². The molecule has 2 heterocycles. The molecule has 0 radical (unpaired) electrons. The van der Waals surface area contributed by atoms with E-state index < -0.39 is 10.9 Å². The van der Waals surface area contributed by atoms with Gasteiger partial charge in [-0.2, -0.15) is 0 Å². The molecular weight excluding hydrogens is 388 g/mol. The molecule has 4 aromatic rings. The number of aromatic amines is 1. The van der Waals surface area contributed by atoms with Crippen LogP contribution in [0.4, 0.5) is 5.69 Å². The summed E-state index contributed by atoms with van der Waals surface area (Å²) in [6.07, 6.45) is 1.29. The van der Waals surface area contributed by atoms with E-state index in [1.807, 2.05) is 24.3 Å². The van der Waals surface area contributed by atoms with Crippen LogP contribution in [0.5, 0.6) is 0 Å². The molecule has 0 aliphatic carbocycles. The van der Waals surface area contributed by atoms with Crippen LogP contribution in [0.25, 0.3) is 22.3 Å². The molecule has 2 aromatic carbocycles. The first-order valence-electron chi connectivity index (χ1n) is 8.98. The lowest BCUT2D eigenvalue weighted by atomic mass is 10.1. The molecule has 0 aliphatic heterocycles. The van der Waals surface area contributed by atoms with E-state index in [-0.39, 0.29) is 23.5 Å². The van der Waals surface area contributed by atoms with Crippen LogP contribution in [0.15, 0.2) is 65.6 Å². The van der Waals surface area contributed by atoms with Crippen molar-refractivity contribution in [1.29, 1.82) is 0 Å². The number of hydrogen-bond acceptors (Lipinski definition) is 6. The molecule has 0 atom stereocenters. The Morgan fingerprint density at radius 2 is 2.00 bits per heavy atom. The van der Waals surface area contributed by atoms with Crippen LogP contribution in [0.2, 0.25) is 0 Å². The van der Waals surface area contributed by atoms with Crippen molar-refractivity contribution in [2.45, 2.75) is 6.61 Å². The number of esters is 1. The standard InChI is InChI=1S/C21H16N4O5/c1-24-18-8-3-2-5-13(18)9-15(20(24)26)12-30-21(27)17-11-22-19(23-17)14-6-4-7-16(10-14)25(28)29/h2-11H,12H2,1H3,(H,22,23). The van der Waals surface area contributed by atoms with E-state index in [2.05, 4.69) is 9.97 Å². The van der Waals surface area contributed by atoms with Crippen LogP contribution < -0.4 is 5.56 Å². The lowest BCUT2D eigenvalue weighted by Gasteiger charge is -2.09. The summed E-state index contributed by atoms with van der Waals surface area (Å²) in [5, 5.41) is 11.8. The van der Waals surface area contributed by atoms with Gasteiger partial charge in [0.1, 0.15) is 18.1 Å². The number of aryl methyl sites for hydroxylation is 1. The monoisotopic (exact) mass is 404 g/mol. The lowest BCUT2D eigenvalue weighted by Crippen LogP contribution is -2.22. The molecule has 9 heteroatoms. The van der Waals surface area contributed by atoms with E-state index in [9.17, 15) is 19.7 Å². The van der Waals surface area contributed by atoms with Crippen LogP contribution in [-0.2, 0) is 18.4 Å². The fourth-order valence-electron chi connectivity index (χ4n) is 3.15. The second-order valence-corrected chi connectivity index (χ2v) is 6.62. The molecule has 0 amide bonds. The van der Waals surface area contributed by atoms with E-state index in [0.29, 0.717) is 17.0 Å². The van der Waals surface area contributed by atoms with Crippen LogP contribution in [-0.4, -0.2) is 25.4 Å². The largest absolute Gasteiger partial charge is 0.456 e. The fourth-order valence-corrected chi connectivity index (χ4v) is 3.15. The molecular formula is C21H16N4O5. The summed E-state index contributed by atoms with van der Waals surface area (Å²) in [6, 6.07) is 15.0. The average Bonchev–Trinajstić information content (AvgIpc) is 3.25. The third-order valence-electron chi connectivity index (χ3n) is 4.69. The number of carbonyl (C=O) groups excluding carboxylic acids is 1. The molecule has 0 spiro atoms. The van der Waals surface area contributed by atoms with Gasteiger partial charge in [-0.15, -0.1) is 0 Å². The number of H-pyrrole nitrogens is 1. The Kier molecular flexibility index (Phi) is 4.85. The number of ether oxygens (including phenoxy) is 1. The highest BCUT2D eigenvalue weighted by Gasteiger charge is 2.15. The predicted octanol–water partition coefficient (Wildman–Crippen LogP) is 3.19. The SMILES string of the molecule is Cn1c(=O)c(COC(=O)c2cnc(-c3cccc([N+](=O)[O-])c3)[nH]2)cc2ccccc21. The molecule has 4 rings (SSSR count). The number of hydrogen-bond donors (Lipinski definition) is 1. The number of nitrogens with zero attached hydrogens (tertiary/aromatic N) is 3. The Labute approximate surface area is 169 Å². The number of nitro groups is 1. The third kappa shape index (κ3) is 3.55. The van der Waals surface area contributed by atoms with Crippen molar-refractivity contribution < 1.29 is 14.5 Å². The maximum absolute atomic E-state index is 12.5. The van der Waals surface area contributed by atoms with E-state index in [1.54, 1.807) is 19.2 Å². The van der Waals surface area contributed by atoms with Gasteiger partial charge in [0.2, 0.25) is 0 Å². The van der Waals surface area contributed by atoms with Crippen molar-refractivity contribution in [3.8, 4) is 11.4 Å². The number of rotatable bonds is 5. The Hall–Kier alpha value is -4.27. The second-order valence-electron chi connectivity index (χ2n) is 6.62. The summed E-state index contributed by atoms with van der Waals surface area (Å²) < 4.78 is 6.79. The van der Waals surface area contributed by atoms with Crippen molar-refractivity contribution in [3.63, 3.8) is 0 Å². The summed E-state index contributed by atoms with van der Waals surface area (Å²) in [7, 11) is 1.66. The topological polar surface area (TPSA) is 120 Å². The molecule has 0 fully saturated rings. The normalized spacial score (nSPS) is 10.8. The quantitative estimate of drug-likeness (QED) is 0.310. The minimum atomic E-state index is -0.686. The van der Waals surface area contributed by atoms with Gasteiger partial charge in [0.15, 0.2) is 0 Å². The second kappa shape index (κ2) is 7.63. The number of nitrogens with one attached hydrogen (secondary N) is 1. The van der Waals surface area contributed by atoms with Crippen LogP contribution in [0.3, 0.4) is 0 Å². The Morgan fingerprint density at radius 3 is 2.80 bits per heavy atom. The third-order valence-corrected chi connectivity index (χ3v) is 4.69. The number of imidazole rings is 1. The zero-order valence-corrected chi connectivity index (χ0v) is 15.9. The number of aromatic nitrogens is 3. The summed E-state index contributed by atoms with van der Waals surface area (Å²) in [5.74, 6) is -0.387. The molecule has 9 nitrogen and oxygen atoms in total. The minimum absolute atomic E-state index is 0.0779. The van der Waals surface area contributed by atoms with Crippen molar-refractivity contribution in [2.24, 2.45) is 7.05 Å². The lowest BCUT2D eigenvalue weighted by molar-refractivity contribution is -0.384. The first-order chi connectivity index (χ1) is 14.4. The number of nitro benzene ring substituents is 1.